The molecule has 1 amide bonds. The largest absolute Gasteiger partial charge is 0.496 e. The number of aromatic nitrogens is 3. The zero-order chi connectivity index (χ0) is 24.5. The molecule has 0 radical (unpaired) electrons. The Hall–Kier alpha value is -3.58. The Bertz CT molecular complexity index is 1260. The van der Waals surface area contributed by atoms with Gasteiger partial charge in [-0.25, -0.2) is 0 Å². The summed E-state index contributed by atoms with van der Waals surface area (Å²) in [5.74, 6) is 1.75. The van der Waals surface area contributed by atoms with Gasteiger partial charge in [0.2, 0.25) is 5.91 Å². The van der Waals surface area contributed by atoms with Crippen LogP contribution in [0.4, 0.5) is 0 Å². The van der Waals surface area contributed by atoms with Gasteiger partial charge in [-0.15, -0.1) is 10.2 Å². The first-order chi connectivity index (χ1) is 17.2. The molecule has 1 N–H and O–H groups in total. The Morgan fingerprint density at radius 2 is 1.69 bits per heavy atom. The predicted molar refractivity (Wildman–Crippen MR) is 141 cm³/mol. The number of nitrogens with zero attached hydrogens (tertiary/aromatic N) is 3. The van der Waals surface area contributed by atoms with Crippen LogP contribution in [-0.2, 0) is 24.2 Å². The van der Waals surface area contributed by atoms with Gasteiger partial charge in [0, 0.05) is 13.1 Å². The summed E-state index contributed by atoms with van der Waals surface area (Å²) in [4.78, 5) is 12.5. The van der Waals surface area contributed by atoms with Crippen molar-refractivity contribution in [1.82, 2.24) is 20.1 Å². The fraction of sp³-hybridized carbons (Fsp3) is 0.250. The number of hydrogen-bond acceptors (Lipinski definition) is 5. The molecule has 4 rings (SSSR count). The fourth-order valence-corrected chi connectivity index (χ4v) is 4.71. The van der Waals surface area contributed by atoms with E-state index in [0.29, 0.717) is 13.1 Å². The smallest absolute Gasteiger partial charge is 0.230 e. The summed E-state index contributed by atoms with van der Waals surface area (Å²) in [5, 5.41) is 12.7. The van der Waals surface area contributed by atoms with Gasteiger partial charge in [0.05, 0.1) is 18.4 Å². The third-order valence-corrected chi connectivity index (χ3v) is 6.81. The lowest BCUT2D eigenvalue weighted by atomic mass is 10.1. The molecular formula is C28H30N4O2S. The molecule has 0 unspecified atom stereocenters. The summed E-state index contributed by atoms with van der Waals surface area (Å²) in [6, 6.07) is 26.4. The summed E-state index contributed by atoms with van der Waals surface area (Å²) < 4.78 is 7.64. The van der Waals surface area contributed by atoms with E-state index in [4.69, 9.17) is 4.74 Å². The van der Waals surface area contributed by atoms with Crippen molar-refractivity contribution in [2.24, 2.45) is 0 Å². The van der Waals surface area contributed by atoms with Crippen LogP contribution in [0.5, 0.6) is 5.75 Å². The molecule has 0 atom stereocenters. The third kappa shape index (κ3) is 6.51. The van der Waals surface area contributed by atoms with Crippen LogP contribution in [0.1, 0.15) is 16.7 Å². The highest BCUT2D eigenvalue weighted by molar-refractivity contribution is 7.99. The minimum atomic E-state index is -0.0139. The van der Waals surface area contributed by atoms with E-state index >= 15 is 0 Å². The molecule has 0 fully saturated rings. The summed E-state index contributed by atoms with van der Waals surface area (Å²) in [5.41, 5.74) is 4.61. The van der Waals surface area contributed by atoms with Crippen LogP contribution in [0.2, 0.25) is 0 Å². The number of carbonyl (C=O) groups is 1. The molecule has 4 aromatic rings. The molecule has 1 aromatic heterocycles. The van der Waals surface area contributed by atoms with E-state index < -0.39 is 0 Å². The minimum absolute atomic E-state index is 0.0139. The minimum Gasteiger partial charge on any atom is -0.496 e. The van der Waals surface area contributed by atoms with Gasteiger partial charge in [-0.1, -0.05) is 78.5 Å². The summed E-state index contributed by atoms with van der Waals surface area (Å²) >= 11 is 1.41. The van der Waals surface area contributed by atoms with Crippen LogP contribution >= 0.6 is 11.8 Å². The summed E-state index contributed by atoms with van der Waals surface area (Å²) in [7, 11) is 1.65. The van der Waals surface area contributed by atoms with Crippen molar-refractivity contribution in [3.8, 4) is 17.1 Å². The van der Waals surface area contributed by atoms with Crippen molar-refractivity contribution in [3.05, 3.63) is 95.6 Å². The maximum Gasteiger partial charge on any atom is 0.230 e. The molecule has 0 aliphatic heterocycles. The highest BCUT2D eigenvalue weighted by Gasteiger charge is 2.18. The molecule has 6 nitrogen and oxygen atoms in total. The van der Waals surface area contributed by atoms with Gasteiger partial charge < -0.3 is 14.6 Å². The van der Waals surface area contributed by atoms with Crippen molar-refractivity contribution < 1.29 is 9.53 Å². The Morgan fingerprint density at radius 3 is 2.49 bits per heavy atom. The fourth-order valence-electron chi connectivity index (χ4n) is 3.92. The highest BCUT2D eigenvalue weighted by Crippen LogP contribution is 2.31. The summed E-state index contributed by atoms with van der Waals surface area (Å²) in [6.45, 7) is 3.40. The maximum absolute atomic E-state index is 12.5. The molecule has 0 aliphatic carbocycles. The van der Waals surface area contributed by atoms with E-state index in [1.165, 1.54) is 28.5 Å². The van der Waals surface area contributed by atoms with Gasteiger partial charge in [-0.2, -0.15) is 0 Å². The second-order valence-electron chi connectivity index (χ2n) is 8.21. The number of amides is 1. The van der Waals surface area contributed by atoms with E-state index in [1.54, 1.807) is 7.11 Å². The Labute approximate surface area is 210 Å². The Balaban J connectivity index is 1.44. The van der Waals surface area contributed by atoms with Crippen LogP contribution in [0.25, 0.3) is 11.4 Å². The molecule has 35 heavy (non-hydrogen) atoms. The van der Waals surface area contributed by atoms with Gasteiger partial charge in [0.25, 0.3) is 0 Å². The van der Waals surface area contributed by atoms with E-state index in [2.05, 4.69) is 51.3 Å². The first-order valence-electron chi connectivity index (χ1n) is 11.7. The number of hydrogen-bond donors (Lipinski definition) is 1. The van der Waals surface area contributed by atoms with Crippen LogP contribution in [0.3, 0.4) is 0 Å². The maximum atomic E-state index is 12.5. The molecule has 0 spiro atoms. The lowest BCUT2D eigenvalue weighted by Crippen LogP contribution is -2.27. The first kappa shape index (κ1) is 24.5. The standard InChI is InChI=1S/C28H30N4O2S/c1-21-10-6-7-13-23(21)16-18-29-26(33)20-35-28-31-30-27(24-14-8-9-15-25(24)34-2)32(28)19-17-22-11-4-3-5-12-22/h3-15H,16-20H2,1-2H3,(H,29,33). The monoisotopic (exact) mass is 486 g/mol. The predicted octanol–water partition coefficient (Wildman–Crippen LogP) is 4.96. The molecule has 3 aromatic carbocycles. The van der Waals surface area contributed by atoms with E-state index in [-0.39, 0.29) is 11.7 Å². The van der Waals surface area contributed by atoms with E-state index in [9.17, 15) is 4.79 Å². The topological polar surface area (TPSA) is 69.0 Å². The van der Waals surface area contributed by atoms with Gasteiger partial charge >= 0.3 is 0 Å². The molecule has 180 valence electrons. The Kier molecular flexibility index (Phi) is 8.57. The average molecular weight is 487 g/mol. The number of ether oxygens (including phenoxy) is 1. The SMILES string of the molecule is COc1ccccc1-c1nnc(SCC(=O)NCCc2ccccc2C)n1CCc1ccccc1. The quantitative estimate of drug-likeness (QED) is 0.304. The number of methoxy groups -OCH3 is 1. The van der Waals surface area contributed by atoms with Crippen molar-refractivity contribution in [2.45, 2.75) is 31.5 Å². The van der Waals surface area contributed by atoms with Crippen molar-refractivity contribution >= 4 is 17.7 Å². The van der Waals surface area contributed by atoms with E-state index in [1.807, 2.05) is 54.6 Å². The zero-order valence-corrected chi connectivity index (χ0v) is 20.9. The third-order valence-electron chi connectivity index (χ3n) is 5.84. The number of carbonyl (C=O) groups excluding carboxylic acids is 1. The van der Waals surface area contributed by atoms with Crippen LogP contribution in [0, 0.1) is 6.92 Å². The zero-order valence-electron chi connectivity index (χ0n) is 20.1. The summed E-state index contributed by atoms with van der Waals surface area (Å²) in [6.07, 6.45) is 1.64. The second kappa shape index (κ2) is 12.2. The molecule has 7 heteroatoms. The number of thioether (sulfide) groups is 1. The molecule has 0 aliphatic rings. The van der Waals surface area contributed by atoms with Gasteiger partial charge in [0.15, 0.2) is 11.0 Å². The Morgan fingerprint density at radius 1 is 0.943 bits per heavy atom. The highest BCUT2D eigenvalue weighted by atomic mass is 32.2. The average Bonchev–Trinajstić information content (AvgIpc) is 3.30. The number of rotatable bonds is 11. The molecule has 0 bridgehead atoms. The van der Waals surface area contributed by atoms with E-state index in [0.717, 1.165) is 35.1 Å². The lowest BCUT2D eigenvalue weighted by Gasteiger charge is -2.12. The van der Waals surface area contributed by atoms with Crippen LogP contribution < -0.4 is 10.1 Å². The van der Waals surface area contributed by atoms with Crippen molar-refractivity contribution in [1.29, 1.82) is 0 Å². The molecular weight excluding hydrogens is 456 g/mol. The number of para-hydroxylation sites is 1. The number of aryl methyl sites for hydroxylation is 2. The first-order valence-corrected chi connectivity index (χ1v) is 12.7. The van der Waals surface area contributed by atoms with Crippen LogP contribution in [-0.4, -0.2) is 40.1 Å². The molecule has 0 saturated carbocycles. The normalized spacial score (nSPS) is 10.8. The molecule has 1 heterocycles. The van der Waals surface area contributed by atoms with Gasteiger partial charge in [-0.3, -0.25) is 4.79 Å². The number of benzene rings is 3. The lowest BCUT2D eigenvalue weighted by molar-refractivity contribution is -0.118. The van der Waals surface area contributed by atoms with Crippen molar-refractivity contribution in [2.75, 3.05) is 19.4 Å². The van der Waals surface area contributed by atoms with Crippen molar-refractivity contribution in [3.63, 3.8) is 0 Å². The number of nitrogens with one attached hydrogen (secondary N) is 1. The van der Waals surface area contributed by atoms with Crippen LogP contribution in [0.15, 0.2) is 84.0 Å². The second-order valence-corrected chi connectivity index (χ2v) is 9.15. The molecule has 0 saturated heterocycles. The van der Waals surface area contributed by atoms with Gasteiger partial charge in [-0.05, 0) is 48.6 Å². The van der Waals surface area contributed by atoms with Gasteiger partial charge in [0.1, 0.15) is 5.75 Å².